The molecule has 6 heteroatoms. The van der Waals surface area contributed by atoms with Gasteiger partial charge in [-0.3, -0.25) is 9.69 Å². The first-order valence-corrected chi connectivity index (χ1v) is 12.1. The van der Waals surface area contributed by atoms with Crippen molar-refractivity contribution in [3.63, 3.8) is 0 Å². The standard InChI is InChI=1S/C25H23N3OS2/c29-24-22(18-21-12-7-17-30-21)31-25(26-24)28-15-13-27(14-16-28)23(19-8-3-1-4-9-19)20-10-5-2-6-11-20/h1-12,17-18,23H,13-16H2/b22-18-. The van der Waals surface area contributed by atoms with Gasteiger partial charge in [0.1, 0.15) is 0 Å². The summed E-state index contributed by atoms with van der Waals surface area (Å²) in [5, 5.41) is 2.86. The Hall–Kier alpha value is -2.67. The van der Waals surface area contributed by atoms with Crippen LogP contribution in [0.15, 0.2) is 88.1 Å². The molecule has 31 heavy (non-hydrogen) atoms. The number of amides is 1. The number of hydrogen-bond donors (Lipinski definition) is 0. The summed E-state index contributed by atoms with van der Waals surface area (Å²) < 4.78 is 0. The molecular formula is C25H23N3OS2. The van der Waals surface area contributed by atoms with Crippen LogP contribution in [-0.2, 0) is 4.79 Å². The molecule has 4 nitrogen and oxygen atoms in total. The molecule has 3 heterocycles. The summed E-state index contributed by atoms with van der Waals surface area (Å²) in [6.07, 6.45) is 1.95. The summed E-state index contributed by atoms with van der Waals surface area (Å²) in [6.45, 7) is 3.57. The van der Waals surface area contributed by atoms with E-state index < -0.39 is 0 Å². The minimum atomic E-state index is -0.123. The summed E-state index contributed by atoms with van der Waals surface area (Å²) >= 11 is 3.14. The van der Waals surface area contributed by atoms with E-state index in [1.54, 1.807) is 11.3 Å². The lowest BCUT2D eigenvalue weighted by atomic mass is 9.96. The van der Waals surface area contributed by atoms with Gasteiger partial charge < -0.3 is 4.90 Å². The summed E-state index contributed by atoms with van der Waals surface area (Å²) in [5.41, 5.74) is 2.62. The molecule has 1 amide bonds. The van der Waals surface area contributed by atoms with Crippen LogP contribution in [0, 0.1) is 0 Å². The van der Waals surface area contributed by atoms with E-state index in [4.69, 9.17) is 0 Å². The SMILES string of the molecule is O=C1N=C(N2CCN(C(c3ccccc3)c3ccccc3)CC2)S/C1=C\c1cccs1. The van der Waals surface area contributed by atoms with Crippen LogP contribution in [-0.4, -0.2) is 47.1 Å². The number of rotatable bonds is 4. The lowest BCUT2D eigenvalue weighted by Gasteiger charge is -2.40. The van der Waals surface area contributed by atoms with Crippen molar-refractivity contribution in [1.82, 2.24) is 9.80 Å². The zero-order valence-corrected chi connectivity index (χ0v) is 18.7. The molecule has 0 atom stereocenters. The molecule has 0 unspecified atom stereocenters. The Balaban J connectivity index is 1.29. The van der Waals surface area contributed by atoms with Crippen LogP contribution >= 0.6 is 23.1 Å². The number of carbonyl (C=O) groups excluding carboxylic acids is 1. The molecule has 5 rings (SSSR count). The Bertz CT molecular complexity index is 1050. The van der Waals surface area contributed by atoms with Gasteiger partial charge in [0.2, 0.25) is 0 Å². The van der Waals surface area contributed by atoms with Crippen molar-refractivity contribution < 1.29 is 4.79 Å². The third-order valence-electron chi connectivity index (χ3n) is 5.61. The number of carbonyl (C=O) groups is 1. The Morgan fingerprint density at radius 2 is 1.48 bits per heavy atom. The minimum absolute atomic E-state index is 0.123. The first-order valence-electron chi connectivity index (χ1n) is 10.4. The predicted octanol–water partition coefficient (Wildman–Crippen LogP) is 5.13. The van der Waals surface area contributed by atoms with Gasteiger partial charge in [-0.05, 0) is 40.4 Å². The van der Waals surface area contributed by atoms with Crippen LogP contribution in [0.4, 0.5) is 0 Å². The largest absolute Gasteiger partial charge is 0.348 e. The topological polar surface area (TPSA) is 35.9 Å². The van der Waals surface area contributed by atoms with Gasteiger partial charge in [-0.25, -0.2) is 0 Å². The second-order valence-corrected chi connectivity index (χ2v) is 9.56. The van der Waals surface area contributed by atoms with E-state index in [0.29, 0.717) is 4.91 Å². The first-order chi connectivity index (χ1) is 15.3. The van der Waals surface area contributed by atoms with Crippen LogP contribution in [0.5, 0.6) is 0 Å². The van der Waals surface area contributed by atoms with E-state index in [0.717, 1.165) is 36.2 Å². The second kappa shape index (κ2) is 9.22. The van der Waals surface area contributed by atoms with Crippen LogP contribution in [0.25, 0.3) is 6.08 Å². The molecule has 1 saturated heterocycles. The predicted molar refractivity (Wildman–Crippen MR) is 130 cm³/mol. The van der Waals surface area contributed by atoms with Crippen LogP contribution in [0.1, 0.15) is 22.0 Å². The summed E-state index contributed by atoms with van der Waals surface area (Å²) in [6, 6.07) is 25.7. The fourth-order valence-corrected chi connectivity index (χ4v) is 5.78. The molecular weight excluding hydrogens is 422 g/mol. The molecule has 0 spiro atoms. The quantitative estimate of drug-likeness (QED) is 0.522. The fourth-order valence-electron chi connectivity index (χ4n) is 4.09. The van der Waals surface area contributed by atoms with E-state index in [1.807, 2.05) is 23.6 Å². The van der Waals surface area contributed by atoms with E-state index in [2.05, 4.69) is 75.5 Å². The Morgan fingerprint density at radius 3 is 2.06 bits per heavy atom. The smallest absolute Gasteiger partial charge is 0.286 e. The molecule has 0 bridgehead atoms. The number of nitrogens with zero attached hydrogens (tertiary/aromatic N) is 3. The van der Waals surface area contributed by atoms with Crippen molar-refractivity contribution >= 4 is 40.2 Å². The van der Waals surface area contributed by atoms with Gasteiger partial charge in [-0.15, -0.1) is 11.3 Å². The molecule has 0 saturated carbocycles. The number of thioether (sulfide) groups is 1. The number of aliphatic imine (C=N–C) groups is 1. The van der Waals surface area contributed by atoms with Crippen molar-refractivity contribution in [3.05, 3.63) is 99.1 Å². The Kier molecular flexibility index (Phi) is 6.02. The van der Waals surface area contributed by atoms with Crippen molar-refractivity contribution in [1.29, 1.82) is 0 Å². The zero-order chi connectivity index (χ0) is 21.0. The molecule has 1 fully saturated rings. The van der Waals surface area contributed by atoms with Gasteiger partial charge >= 0.3 is 0 Å². The average molecular weight is 446 g/mol. The van der Waals surface area contributed by atoms with Crippen molar-refractivity contribution in [2.45, 2.75) is 6.04 Å². The van der Waals surface area contributed by atoms with E-state index >= 15 is 0 Å². The zero-order valence-electron chi connectivity index (χ0n) is 17.1. The molecule has 3 aromatic rings. The van der Waals surface area contributed by atoms with Gasteiger partial charge in [0.25, 0.3) is 5.91 Å². The highest BCUT2D eigenvalue weighted by molar-refractivity contribution is 8.18. The number of thiophene rings is 1. The highest BCUT2D eigenvalue weighted by Gasteiger charge is 2.31. The minimum Gasteiger partial charge on any atom is -0.348 e. The molecule has 2 aromatic carbocycles. The molecule has 2 aliphatic heterocycles. The van der Waals surface area contributed by atoms with Crippen LogP contribution in [0.3, 0.4) is 0 Å². The maximum absolute atomic E-state index is 12.4. The van der Waals surface area contributed by atoms with Crippen molar-refractivity contribution in [3.8, 4) is 0 Å². The van der Waals surface area contributed by atoms with Crippen LogP contribution in [0.2, 0.25) is 0 Å². The number of hydrogen-bond acceptors (Lipinski definition) is 5. The number of piperazine rings is 1. The highest BCUT2D eigenvalue weighted by atomic mass is 32.2. The molecule has 0 radical (unpaired) electrons. The fraction of sp³-hybridized carbons (Fsp3) is 0.200. The molecule has 0 N–H and O–H groups in total. The maximum atomic E-state index is 12.4. The van der Waals surface area contributed by atoms with Gasteiger partial charge in [0, 0.05) is 31.1 Å². The second-order valence-electron chi connectivity index (χ2n) is 7.57. The lowest BCUT2D eigenvalue weighted by molar-refractivity contribution is -0.113. The van der Waals surface area contributed by atoms with Crippen LogP contribution < -0.4 is 0 Å². The van der Waals surface area contributed by atoms with Gasteiger partial charge in [-0.2, -0.15) is 4.99 Å². The molecule has 1 aromatic heterocycles. The molecule has 2 aliphatic rings. The van der Waals surface area contributed by atoms with Gasteiger partial charge in [0.05, 0.1) is 10.9 Å². The third-order valence-corrected chi connectivity index (χ3v) is 7.47. The first kappa shape index (κ1) is 20.2. The van der Waals surface area contributed by atoms with Gasteiger partial charge in [-0.1, -0.05) is 66.7 Å². The highest BCUT2D eigenvalue weighted by Crippen LogP contribution is 2.33. The Labute approximate surface area is 190 Å². The monoisotopic (exact) mass is 445 g/mol. The lowest BCUT2D eigenvalue weighted by Crippen LogP contribution is -2.49. The third kappa shape index (κ3) is 4.51. The number of amidine groups is 1. The summed E-state index contributed by atoms with van der Waals surface area (Å²) in [5.74, 6) is -0.123. The summed E-state index contributed by atoms with van der Waals surface area (Å²) in [4.78, 5) is 23.3. The number of benzene rings is 2. The van der Waals surface area contributed by atoms with Crippen molar-refractivity contribution in [2.75, 3.05) is 26.2 Å². The molecule has 0 aliphatic carbocycles. The van der Waals surface area contributed by atoms with Gasteiger partial charge in [0.15, 0.2) is 5.17 Å². The molecule has 156 valence electrons. The average Bonchev–Trinajstić information content (AvgIpc) is 3.46. The maximum Gasteiger partial charge on any atom is 0.286 e. The van der Waals surface area contributed by atoms with E-state index in [-0.39, 0.29) is 11.9 Å². The normalized spacial score (nSPS) is 18.7. The van der Waals surface area contributed by atoms with E-state index in [1.165, 1.54) is 22.9 Å². The summed E-state index contributed by atoms with van der Waals surface area (Å²) in [7, 11) is 0. The van der Waals surface area contributed by atoms with Crippen molar-refractivity contribution in [2.24, 2.45) is 4.99 Å². The van der Waals surface area contributed by atoms with E-state index in [9.17, 15) is 4.79 Å². The Morgan fingerprint density at radius 1 is 0.839 bits per heavy atom.